The first-order chi connectivity index (χ1) is 5.86. The van der Waals surface area contributed by atoms with Crippen LogP contribution in [0, 0.1) is 0 Å². The fourth-order valence-electron chi connectivity index (χ4n) is 2.34. The molecule has 3 heterocycles. The predicted molar refractivity (Wildman–Crippen MR) is 47.9 cm³/mol. The minimum absolute atomic E-state index is 0.583. The van der Waals surface area contributed by atoms with E-state index in [0.717, 1.165) is 13.1 Å². The Morgan fingerprint density at radius 3 is 3.33 bits per heavy atom. The largest absolute Gasteiger partial charge is 0.346 e. The van der Waals surface area contributed by atoms with Gasteiger partial charge in [-0.1, -0.05) is 6.08 Å². The van der Waals surface area contributed by atoms with Crippen molar-refractivity contribution >= 4 is 0 Å². The van der Waals surface area contributed by atoms with E-state index in [1.807, 2.05) is 0 Å². The number of hydrogen-bond donors (Lipinski definition) is 0. The summed E-state index contributed by atoms with van der Waals surface area (Å²) in [6.07, 6.45) is 4.53. The van der Waals surface area contributed by atoms with Crippen LogP contribution in [-0.4, -0.2) is 23.1 Å². The Kier molecular flexibility index (Phi) is 1.09. The van der Waals surface area contributed by atoms with Gasteiger partial charge in [-0.25, -0.2) is 0 Å². The average Bonchev–Trinajstić information content (AvgIpc) is 2.61. The number of fused-ring (bicyclic) bond motifs is 3. The second-order valence-electron chi connectivity index (χ2n) is 3.68. The molecule has 0 N–H and O–H groups in total. The molecule has 2 aliphatic heterocycles. The van der Waals surface area contributed by atoms with E-state index in [9.17, 15) is 0 Å². The van der Waals surface area contributed by atoms with Crippen LogP contribution in [0.4, 0.5) is 0 Å². The molecule has 2 nitrogen and oxygen atoms in total. The molecular formula is C10H12N2. The summed E-state index contributed by atoms with van der Waals surface area (Å²) in [5, 5.41) is 0. The van der Waals surface area contributed by atoms with Crippen LogP contribution in [0.1, 0.15) is 11.7 Å². The highest BCUT2D eigenvalue weighted by Crippen LogP contribution is 2.38. The van der Waals surface area contributed by atoms with Crippen molar-refractivity contribution in [1.29, 1.82) is 0 Å². The first-order valence-corrected chi connectivity index (χ1v) is 4.40. The first-order valence-electron chi connectivity index (χ1n) is 4.40. The molecule has 1 aromatic heterocycles. The van der Waals surface area contributed by atoms with E-state index in [2.05, 4.69) is 40.9 Å². The molecule has 62 valence electrons. The number of nitrogens with zero attached hydrogens (tertiary/aromatic N) is 2. The van der Waals surface area contributed by atoms with E-state index in [-0.39, 0.29) is 0 Å². The normalized spacial score (nSPS) is 27.1. The molecule has 12 heavy (non-hydrogen) atoms. The summed E-state index contributed by atoms with van der Waals surface area (Å²) in [6, 6.07) is 4.95. The van der Waals surface area contributed by atoms with Crippen LogP contribution in [-0.2, 0) is 6.54 Å². The zero-order chi connectivity index (χ0) is 8.13. The SMILES string of the molecule is CN1CC=C2Cn3cccc3C21. The number of hydrogen-bond acceptors (Lipinski definition) is 1. The lowest BCUT2D eigenvalue weighted by molar-refractivity contribution is 0.334. The molecule has 2 heteroatoms. The molecule has 2 aliphatic rings. The lowest BCUT2D eigenvalue weighted by atomic mass is 10.1. The topological polar surface area (TPSA) is 8.17 Å². The average molecular weight is 160 g/mol. The Morgan fingerprint density at radius 2 is 2.42 bits per heavy atom. The molecule has 0 spiro atoms. The van der Waals surface area contributed by atoms with Crippen LogP contribution in [0.2, 0.25) is 0 Å². The summed E-state index contributed by atoms with van der Waals surface area (Å²) in [4.78, 5) is 2.40. The van der Waals surface area contributed by atoms with Crippen LogP contribution in [0.5, 0.6) is 0 Å². The van der Waals surface area contributed by atoms with Gasteiger partial charge in [0.2, 0.25) is 0 Å². The Morgan fingerprint density at radius 1 is 1.50 bits per heavy atom. The zero-order valence-corrected chi connectivity index (χ0v) is 7.20. The summed E-state index contributed by atoms with van der Waals surface area (Å²) in [5.74, 6) is 0. The quantitative estimate of drug-likeness (QED) is 0.521. The molecule has 0 amide bonds. The highest BCUT2D eigenvalue weighted by atomic mass is 15.2. The summed E-state index contributed by atoms with van der Waals surface area (Å²) in [7, 11) is 2.19. The van der Waals surface area contributed by atoms with Crippen LogP contribution >= 0.6 is 0 Å². The molecule has 0 fully saturated rings. The van der Waals surface area contributed by atoms with Crippen LogP contribution < -0.4 is 0 Å². The third-order valence-electron chi connectivity index (χ3n) is 2.93. The molecule has 0 aromatic carbocycles. The lowest BCUT2D eigenvalue weighted by Crippen LogP contribution is -2.18. The molecule has 0 aliphatic carbocycles. The van der Waals surface area contributed by atoms with Crippen LogP contribution in [0.25, 0.3) is 0 Å². The van der Waals surface area contributed by atoms with Gasteiger partial charge in [-0.2, -0.15) is 0 Å². The maximum Gasteiger partial charge on any atom is 0.0733 e. The summed E-state index contributed by atoms with van der Waals surface area (Å²) < 4.78 is 2.34. The smallest absolute Gasteiger partial charge is 0.0733 e. The minimum Gasteiger partial charge on any atom is -0.346 e. The van der Waals surface area contributed by atoms with Gasteiger partial charge in [-0.3, -0.25) is 4.90 Å². The van der Waals surface area contributed by atoms with Crippen LogP contribution in [0.15, 0.2) is 30.0 Å². The van der Waals surface area contributed by atoms with Crippen molar-refractivity contribution in [2.75, 3.05) is 13.6 Å². The van der Waals surface area contributed by atoms with Gasteiger partial charge < -0.3 is 4.57 Å². The van der Waals surface area contributed by atoms with Crippen molar-refractivity contribution in [3.05, 3.63) is 35.7 Å². The summed E-state index contributed by atoms with van der Waals surface area (Å²) in [5.41, 5.74) is 3.04. The molecule has 0 bridgehead atoms. The van der Waals surface area contributed by atoms with E-state index in [1.165, 1.54) is 5.69 Å². The lowest BCUT2D eigenvalue weighted by Gasteiger charge is -2.16. The van der Waals surface area contributed by atoms with Crippen molar-refractivity contribution in [1.82, 2.24) is 9.47 Å². The predicted octanol–water partition coefficient (Wildman–Crippen LogP) is 1.41. The maximum absolute atomic E-state index is 2.40. The van der Waals surface area contributed by atoms with E-state index < -0.39 is 0 Å². The second kappa shape index (κ2) is 2.02. The fraction of sp³-hybridized carbons (Fsp3) is 0.400. The minimum atomic E-state index is 0.583. The number of rotatable bonds is 0. The van der Waals surface area contributed by atoms with E-state index >= 15 is 0 Å². The van der Waals surface area contributed by atoms with Gasteiger partial charge in [0.05, 0.1) is 6.04 Å². The van der Waals surface area contributed by atoms with E-state index in [1.54, 1.807) is 5.57 Å². The van der Waals surface area contributed by atoms with Gasteiger partial charge in [-0.15, -0.1) is 0 Å². The molecular weight excluding hydrogens is 148 g/mol. The van der Waals surface area contributed by atoms with Crippen molar-refractivity contribution in [2.45, 2.75) is 12.6 Å². The Bertz CT molecular complexity index is 348. The van der Waals surface area contributed by atoms with Crippen LogP contribution in [0.3, 0.4) is 0 Å². The molecule has 1 aromatic rings. The fourth-order valence-corrected chi connectivity index (χ4v) is 2.34. The van der Waals surface area contributed by atoms with Gasteiger partial charge in [0.1, 0.15) is 0 Å². The maximum atomic E-state index is 2.40. The van der Waals surface area contributed by atoms with Gasteiger partial charge in [0.25, 0.3) is 0 Å². The van der Waals surface area contributed by atoms with Gasteiger partial charge in [0, 0.05) is 25.0 Å². The first kappa shape index (κ1) is 6.49. The van der Waals surface area contributed by atoms with E-state index in [0.29, 0.717) is 6.04 Å². The summed E-state index contributed by atoms with van der Waals surface area (Å²) in [6.45, 7) is 2.22. The van der Waals surface area contributed by atoms with E-state index in [4.69, 9.17) is 0 Å². The van der Waals surface area contributed by atoms with Gasteiger partial charge >= 0.3 is 0 Å². The number of likely N-dealkylation sites (N-methyl/N-ethyl adjacent to an activating group) is 1. The Labute approximate surface area is 72.1 Å². The molecule has 3 rings (SSSR count). The second-order valence-corrected chi connectivity index (χ2v) is 3.68. The van der Waals surface area contributed by atoms with Crippen molar-refractivity contribution in [2.24, 2.45) is 0 Å². The van der Waals surface area contributed by atoms with Crippen molar-refractivity contribution < 1.29 is 0 Å². The molecule has 1 atom stereocenters. The van der Waals surface area contributed by atoms with Crippen molar-refractivity contribution in [3.8, 4) is 0 Å². The van der Waals surface area contributed by atoms with Crippen molar-refractivity contribution in [3.63, 3.8) is 0 Å². The number of aromatic nitrogens is 1. The molecule has 0 saturated heterocycles. The highest BCUT2D eigenvalue weighted by molar-refractivity contribution is 5.33. The van der Waals surface area contributed by atoms with Gasteiger partial charge in [0.15, 0.2) is 0 Å². The molecule has 0 saturated carbocycles. The molecule has 1 unspecified atom stereocenters. The molecule has 0 radical (unpaired) electrons. The standard InChI is InChI=1S/C10H12N2/c1-11-6-4-8-7-12-5-2-3-9(12)10(8)11/h2-5,10H,6-7H2,1H3. The summed E-state index contributed by atoms with van der Waals surface area (Å²) >= 11 is 0. The zero-order valence-electron chi connectivity index (χ0n) is 7.20. The third-order valence-corrected chi connectivity index (χ3v) is 2.93. The Balaban J connectivity index is 2.14. The van der Waals surface area contributed by atoms with Gasteiger partial charge in [-0.05, 0) is 24.8 Å². The third kappa shape index (κ3) is 0.636. The highest BCUT2D eigenvalue weighted by Gasteiger charge is 2.32. The monoisotopic (exact) mass is 160 g/mol. The Hall–Kier alpha value is -1.02.